The van der Waals surface area contributed by atoms with E-state index in [1.807, 2.05) is 6.92 Å². The van der Waals surface area contributed by atoms with E-state index in [0.29, 0.717) is 31.1 Å². The molecule has 7 nitrogen and oxygen atoms in total. The van der Waals surface area contributed by atoms with Gasteiger partial charge in [0.1, 0.15) is 0 Å². The van der Waals surface area contributed by atoms with E-state index >= 15 is 0 Å². The lowest BCUT2D eigenvalue weighted by molar-refractivity contribution is -0.138. The molecule has 0 aliphatic carbocycles. The third-order valence-corrected chi connectivity index (χ3v) is 4.52. The summed E-state index contributed by atoms with van der Waals surface area (Å²) in [5, 5.41) is 3.01. The molecular weight excluding hydrogens is 387 g/mol. The van der Waals surface area contributed by atoms with E-state index in [-0.39, 0.29) is 23.6 Å². The van der Waals surface area contributed by atoms with Crippen molar-refractivity contribution in [3.63, 3.8) is 0 Å². The number of alkyl halides is 3. The van der Waals surface area contributed by atoms with Crippen LogP contribution in [-0.2, 0) is 6.18 Å². The highest BCUT2D eigenvalue weighted by Crippen LogP contribution is 2.28. The zero-order valence-corrected chi connectivity index (χ0v) is 16.2. The summed E-state index contributed by atoms with van der Waals surface area (Å²) >= 11 is 0. The Hall–Kier alpha value is -2.91. The number of hydrogen-bond acceptors (Lipinski definition) is 6. The lowest BCUT2D eigenvalue weighted by Gasteiger charge is -2.33. The number of likely N-dealkylation sites (tertiary alicyclic amines) is 1. The van der Waals surface area contributed by atoms with Crippen LogP contribution < -0.4 is 10.1 Å². The first-order chi connectivity index (χ1) is 13.8. The molecule has 29 heavy (non-hydrogen) atoms. The highest BCUT2D eigenvalue weighted by molar-refractivity contribution is 5.95. The Balaban J connectivity index is 1.69. The molecule has 0 saturated carbocycles. The molecule has 2 aromatic heterocycles. The van der Waals surface area contributed by atoms with E-state index in [1.54, 1.807) is 24.0 Å². The molecule has 2 aromatic rings. The number of carbonyl (C=O) groups excluding carboxylic acids is 1. The van der Waals surface area contributed by atoms with Crippen molar-refractivity contribution in [3.8, 4) is 5.75 Å². The van der Waals surface area contributed by atoms with Crippen LogP contribution in [0.5, 0.6) is 5.75 Å². The first-order valence-electron chi connectivity index (χ1n) is 9.33. The molecule has 3 heterocycles. The number of aromatic nitrogens is 3. The summed E-state index contributed by atoms with van der Waals surface area (Å²) in [5.74, 6) is 0.294. The van der Waals surface area contributed by atoms with Crippen LogP contribution in [0.25, 0.3) is 0 Å². The van der Waals surface area contributed by atoms with Crippen molar-refractivity contribution >= 4 is 11.9 Å². The number of ether oxygens (including phenoxy) is 1. The summed E-state index contributed by atoms with van der Waals surface area (Å²) in [7, 11) is 0. The average Bonchev–Trinajstić information content (AvgIpc) is 2.69. The van der Waals surface area contributed by atoms with Crippen LogP contribution in [0.3, 0.4) is 0 Å². The molecule has 156 valence electrons. The number of rotatable bonds is 5. The second kappa shape index (κ2) is 8.62. The largest absolute Gasteiger partial charge is 0.491 e. The van der Waals surface area contributed by atoms with Crippen LogP contribution in [0.15, 0.2) is 24.5 Å². The van der Waals surface area contributed by atoms with Crippen LogP contribution in [0.4, 0.5) is 19.1 Å². The molecule has 3 rings (SSSR count). The molecular formula is C19H22F3N5O2. The molecule has 0 radical (unpaired) electrons. The average molecular weight is 409 g/mol. The highest BCUT2D eigenvalue weighted by atomic mass is 19.4. The summed E-state index contributed by atoms with van der Waals surface area (Å²) in [6, 6.07) is 3.34. The fourth-order valence-electron chi connectivity index (χ4n) is 3.13. The number of carbonyl (C=O) groups is 1. The Morgan fingerprint density at radius 2 is 2.03 bits per heavy atom. The predicted octanol–water partition coefficient (Wildman–Crippen LogP) is 3.31. The Bertz CT molecular complexity index is 858. The normalized spacial score (nSPS) is 17.1. The number of hydrogen-bond donors (Lipinski definition) is 1. The lowest BCUT2D eigenvalue weighted by atomic mass is 10.1. The second-order valence-corrected chi connectivity index (χ2v) is 6.76. The number of nitrogens with zero attached hydrogens (tertiary/aromatic N) is 4. The first kappa shape index (κ1) is 20.8. The number of pyridine rings is 1. The van der Waals surface area contributed by atoms with Gasteiger partial charge in [-0.2, -0.15) is 13.2 Å². The van der Waals surface area contributed by atoms with Crippen LogP contribution in [-0.4, -0.2) is 51.5 Å². The van der Waals surface area contributed by atoms with Crippen molar-refractivity contribution in [1.29, 1.82) is 0 Å². The van der Waals surface area contributed by atoms with E-state index in [9.17, 15) is 18.0 Å². The molecule has 1 amide bonds. The predicted molar refractivity (Wildman–Crippen MR) is 99.7 cm³/mol. The first-order valence-corrected chi connectivity index (χ1v) is 9.33. The topological polar surface area (TPSA) is 80.2 Å². The van der Waals surface area contributed by atoms with E-state index in [4.69, 9.17) is 4.74 Å². The van der Waals surface area contributed by atoms with E-state index < -0.39 is 11.7 Å². The van der Waals surface area contributed by atoms with Crippen molar-refractivity contribution < 1.29 is 22.7 Å². The highest BCUT2D eigenvalue weighted by Gasteiger charge is 2.32. The monoisotopic (exact) mass is 409 g/mol. The third-order valence-electron chi connectivity index (χ3n) is 4.52. The minimum Gasteiger partial charge on any atom is -0.491 e. The number of aryl methyl sites for hydroxylation is 1. The van der Waals surface area contributed by atoms with Gasteiger partial charge < -0.3 is 15.0 Å². The van der Waals surface area contributed by atoms with Gasteiger partial charge in [-0.05, 0) is 38.8 Å². The third kappa shape index (κ3) is 5.12. The molecule has 1 fully saturated rings. The second-order valence-electron chi connectivity index (χ2n) is 6.76. The van der Waals surface area contributed by atoms with Gasteiger partial charge in [0.05, 0.1) is 12.2 Å². The van der Waals surface area contributed by atoms with Crippen LogP contribution in [0, 0.1) is 6.92 Å². The summed E-state index contributed by atoms with van der Waals surface area (Å²) in [6.45, 7) is 4.98. The maximum atomic E-state index is 13.0. The van der Waals surface area contributed by atoms with Gasteiger partial charge in [-0.1, -0.05) is 0 Å². The van der Waals surface area contributed by atoms with Crippen molar-refractivity contribution in [2.75, 3.05) is 25.0 Å². The fraction of sp³-hybridized carbons (Fsp3) is 0.474. The van der Waals surface area contributed by atoms with Gasteiger partial charge in [0.25, 0.3) is 5.91 Å². The van der Waals surface area contributed by atoms with Crippen LogP contribution in [0.2, 0.25) is 0 Å². The van der Waals surface area contributed by atoms with E-state index in [1.165, 1.54) is 0 Å². The molecule has 1 N–H and O–H groups in total. The standard InChI is InChI=1S/C19H22F3N5O2/c1-3-29-15-7-6-12(2)25-16(15)17(28)27-8-4-5-14(11-27)26-18-23-9-13(10-24-18)19(20,21)22/h6-7,9-10,14H,3-5,8,11H2,1-2H3,(H,23,24,26). The minimum atomic E-state index is -4.48. The zero-order valence-electron chi connectivity index (χ0n) is 16.2. The van der Waals surface area contributed by atoms with Gasteiger partial charge in [0.2, 0.25) is 5.95 Å². The van der Waals surface area contributed by atoms with Gasteiger partial charge in [0.15, 0.2) is 11.4 Å². The maximum Gasteiger partial charge on any atom is 0.419 e. The number of anilines is 1. The van der Waals surface area contributed by atoms with Crippen molar-refractivity contribution in [2.45, 2.75) is 38.9 Å². The summed E-state index contributed by atoms with van der Waals surface area (Å²) < 4.78 is 43.4. The summed E-state index contributed by atoms with van der Waals surface area (Å²) in [5.41, 5.74) is 0.0670. The Morgan fingerprint density at radius 3 is 2.69 bits per heavy atom. The Kier molecular flexibility index (Phi) is 6.19. The summed E-state index contributed by atoms with van der Waals surface area (Å²) in [4.78, 5) is 26.5. The van der Waals surface area contributed by atoms with Crippen molar-refractivity contribution in [1.82, 2.24) is 19.9 Å². The number of piperidine rings is 1. The quantitative estimate of drug-likeness (QED) is 0.816. The number of amides is 1. The zero-order chi connectivity index (χ0) is 21.0. The lowest BCUT2D eigenvalue weighted by Crippen LogP contribution is -2.45. The molecule has 0 bridgehead atoms. The van der Waals surface area contributed by atoms with Crippen LogP contribution >= 0.6 is 0 Å². The molecule has 1 atom stereocenters. The molecule has 1 saturated heterocycles. The Labute approximate surface area is 166 Å². The van der Waals surface area contributed by atoms with Gasteiger partial charge in [-0.15, -0.1) is 0 Å². The van der Waals surface area contributed by atoms with Crippen LogP contribution in [0.1, 0.15) is 41.5 Å². The fourth-order valence-corrected chi connectivity index (χ4v) is 3.13. The van der Waals surface area contributed by atoms with E-state index in [2.05, 4.69) is 20.3 Å². The molecule has 0 aromatic carbocycles. The molecule has 0 spiro atoms. The van der Waals surface area contributed by atoms with E-state index in [0.717, 1.165) is 25.2 Å². The Morgan fingerprint density at radius 1 is 1.31 bits per heavy atom. The van der Waals surface area contributed by atoms with Gasteiger partial charge in [-0.25, -0.2) is 15.0 Å². The smallest absolute Gasteiger partial charge is 0.419 e. The molecule has 10 heteroatoms. The molecule has 1 aliphatic heterocycles. The van der Waals surface area contributed by atoms with Gasteiger partial charge in [-0.3, -0.25) is 4.79 Å². The molecule has 1 unspecified atom stereocenters. The van der Waals surface area contributed by atoms with Crippen molar-refractivity contribution in [3.05, 3.63) is 41.5 Å². The van der Waals surface area contributed by atoms with Gasteiger partial charge >= 0.3 is 6.18 Å². The van der Waals surface area contributed by atoms with Crippen molar-refractivity contribution in [2.24, 2.45) is 0 Å². The maximum absolute atomic E-state index is 13.0. The number of halogens is 3. The summed E-state index contributed by atoms with van der Waals surface area (Å²) in [6.07, 6.45) is -1.52. The minimum absolute atomic E-state index is 0.0981. The van der Waals surface area contributed by atoms with Gasteiger partial charge in [0, 0.05) is 37.2 Å². The SMILES string of the molecule is CCOc1ccc(C)nc1C(=O)N1CCCC(Nc2ncc(C(F)(F)F)cn2)C1. The molecule has 1 aliphatic rings. The number of nitrogens with one attached hydrogen (secondary N) is 1.